The van der Waals surface area contributed by atoms with Crippen molar-refractivity contribution in [2.75, 3.05) is 13.1 Å². The van der Waals surface area contributed by atoms with Crippen molar-refractivity contribution >= 4 is 5.91 Å². The number of halogens is 1. The Balaban J connectivity index is 1.68. The standard InChI is InChI=1S/C22H27FN2O2/c1-15-13-20(21(26)24(3)16(15)2)22(27)25-12-4-5-18(14-25)7-6-17-8-10-19(23)11-9-17/h8-11,13,18H,4-7,12,14H2,1-3H3/t18-/m1/s1. The molecule has 1 atom stereocenters. The maximum absolute atomic E-state index is 13.0. The van der Waals surface area contributed by atoms with Crippen LogP contribution in [0.3, 0.4) is 0 Å². The van der Waals surface area contributed by atoms with E-state index < -0.39 is 0 Å². The number of carbonyl (C=O) groups excluding carboxylic acids is 1. The van der Waals surface area contributed by atoms with Crippen molar-refractivity contribution in [1.29, 1.82) is 0 Å². The molecule has 1 aromatic heterocycles. The van der Waals surface area contributed by atoms with E-state index in [1.807, 2.05) is 30.9 Å². The quantitative estimate of drug-likeness (QED) is 0.825. The van der Waals surface area contributed by atoms with E-state index in [4.69, 9.17) is 0 Å². The minimum Gasteiger partial charge on any atom is -0.338 e. The first-order valence-electron chi connectivity index (χ1n) is 9.57. The van der Waals surface area contributed by atoms with Crippen LogP contribution in [-0.2, 0) is 13.5 Å². The number of likely N-dealkylation sites (tertiary alicyclic amines) is 1. The highest BCUT2D eigenvalue weighted by Crippen LogP contribution is 2.23. The molecule has 0 aliphatic carbocycles. The lowest BCUT2D eigenvalue weighted by Gasteiger charge is -2.33. The lowest BCUT2D eigenvalue weighted by atomic mass is 9.91. The molecule has 0 spiro atoms. The lowest BCUT2D eigenvalue weighted by Crippen LogP contribution is -2.42. The number of carbonyl (C=O) groups is 1. The Hall–Kier alpha value is -2.43. The van der Waals surface area contributed by atoms with Crippen molar-refractivity contribution in [1.82, 2.24) is 9.47 Å². The first-order valence-corrected chi connectivity index (χ1v) is 9.57. The molecule has 5 heteroatoms. The summed E-state index contributed by atoms with van der Waals surface area (Å²) in [5, 5.41) is 0. The van der Waals surface area contributed by atoms with Gasteiger partial charge in [-0.15, -0.1) is 0 Å². The Bertz CT molecular complexity index is 886. The van der Waals surface area contributed by atoms with Gasteiger partial charge in [0.05, 0.1) is 0 Å². The molecular weight excluding hydrogens is 343 g/mol. The molecule has 2 heterocycles. The number of aryl methyl sites for hydroxylation is 2. The molecule has 0 bridgehead atoms. The molecule has 4 nitrogen and oxygen atoms in total. The zero-order valence-corrected chi connectivity index (χ0v) is 16.3. The first-order chi connectivity index (χ1) is 12.9. The van der Waals surface area contributed by atoms with Crippen LogP contribution in [0.25, 0.3) is 0 Å². The fourth-order valence-electron chi connectivity index (χ4n) is 3.81. The third-order valence-electron chi connectivity index (χ3n) is 5.76. The van der Waals surface area contributed by atoms with E-state index in [1.54, 1.807) is 17.7 Å². The average Bonchev–Trinajstić information content (AvgIpc) is 2.68. The predicted molar refractivity (Wildman–Crippen MR) is 105 cm³/mol. The maximum atomic E-state index is 13.0. The summed E-state index contributed by atoms with van der Waals surface area (Å²) < 4.78 is 14.6. The number of rotatable bonds is 4. The van der Waals surface area contributed by atoms with Crippen LogP contribution in [0.15, 0.2) is 35.1 Å². The molecule has 0 unspecified atom stereocenters. The summed E-state index contributed by atoms with van der Waals surface area (Å²) >= 11 is 0. The number of aromatic nitrogens is 1. The molecular formula is C22H27FN2O2. The number of piperidine rings is 1. The fourth-order valence-corrected chi connectivity index (χ4v) is 3.81. The third-order valence-corrected chi connectivity index (χ3v) is 5.76. The number of hydrogen-bond donors (Lipinski definition) is 0. The topological polar surface area (TPSA) is 42.3 Å². The van der Waals surface area contributed by atoms with Gasteiger partial charge in [0.15, 0.2) is 0 Å². The van der Waals surface area contributed by atoms with Crippen LogP contribution < -0.4 is 5.56 Å². The minimum absolute atomic E-state index is 0.162. The van der Waals surface area contributed by atoms with Gasteiger partial charge in [-0.2, -0.15) is 0 Å². The van der Waals surface area contributed by atoms with E-state index in [0.29, 0.717) is 19.0 Å². The van der Waals surface area contributed by atoms with Gasteiger partial charge < -0.3 is 9.47 Å². The second-order valence-corrected chi connectivity index (χ2v) is 7.62. The van der Waals surface area contributed by atoms with Gasteiger partial charge in [0.25, 0.3) is 11.5 Å². The van der Waals surface area contributed by atoms with Crippen LogP contribution in [0.5, 0.6) is 0 Å². The molecule has 144 valence electrons. The van der Waals surface area contributed by atoms with Crippen molar-refractivity contribution in [3.8, 4) is 0 Å². The Kier molecular flexibility index (Phi) is 5.78. The van der Waals surface area contributed by atoms with Gasteiger partial charge >= 0.3 is 0 Å². The Labute approximate surface area is 159 Å². The van der Waals surface area contributed by atoms with Crippen LogP contribution in [0, 0.1) is 25.6 Å². The maximum Gasteiger partial charge on any atom is 0.263 e. The van der Waals surface area contributed by atoms with Gasteiger partial charge in [0.1, 0.15) is 11.4 Å². The van der Waals surface area contributed by atoms with Crippen LogP contribution >= 0.6 is 0 Å². The number of hydrogen-bond acceptors (Lipinski definition) is 2. The molecule has 27 heavy (non-hydrogen) atoms. The molecule has 1 fully saturated rings. The van der Waals surface area contributed by atoms with Gasteiger partial charge in [-0.3, -0.25) is 9.59 Å². The van der Waals surface area contributed by atoms with Crippen molar-refractivity contribution < 1.29 is 9.18 Å². The van der Waals surface area contributed by atoms with E-state index in [0.717, 1.165) is 42.5 Å². The van der Waals surface area contributed by atoms with Crippen LogP contribution in [0.1, 0.15) is 46.4 Å². The predicted octanol–water partition coefficient (Wildman–Crippen LogP) is 3.63. The number of pyridine rings is 1. The molecule has 1 saturated heterocycles. The average molecular weight is 370 g/mol. The number of benzene rings is 1. The largest absolute Gasteiger partial charge is 0.338 e. The summed E-state index contributed by atoms with van der Waals surface area (Å²) in [7, 11) is 1.71. The smallest absolute Gasteiger partial charge is 0.263 e. The second-order valence-electron chi connectivity index (χ2n) is 7.62. The Morgan fingerprint density at radius 1 is 1.22 bits per heavy atom. The van der Waals surface area contributed by atoms with Crippen molar-refractivity contribution in [2.45, 2.75) is 39.5 Å². The number of nitrogens with zero attached hydrogens (tertiary/aromatic N) is 2. The second kappa shape index (κ2) is 8.07. The number of amides is 1. The zero-order chi connectivity index (χ0) is 19.6. The third kappa shape index (κ3) is 4.29. The summed E-state index contributed by atoms with van der Waals surface area (Å²) in [6.45, 7) is 5.18. The zero-order valence-electron chi connectivity index (χ0n) is 16.3. The van der Waals surface area contributed by atoms with E-state index in [2.05, 4.69) is 0 Å². The van der Waals surface area contributed by atoms with Crippen LogP contribution in [-0.4, -0.2) is 28.5 Å². The Morgan fingerprint density at radius 2 is 1.93 bits per heavy atom. The molecule has 1 amide bonds. The van der Waals surface area contributed by atoms with Crippen molar-refractivity contribution in [2.24, 2.45) is 13.0 Å². The molecule has 2 aromatic rings. The highest BCUT2D eigenvalue weighted by atomic mass is 19.1. The van der Waals surface area contributed by atoms with Crippen LogP contribution in [0.2, 0.25) is 0 Å². The normalized spacial score (nSPS) is 17.2. The molecule has 1 aliphatic heterocycles. The molecule has 0 radical (unpaired) electrons. The fraction of sp³-hybridized carbons (Fsp3) is 0.455. The van der Waals surface area contributed by atoms with Gasteiger partial charge in [-0.25, -0.2) is 4.39 Å². The summed E-state index contributed by atoms with van der Waals surface area (Å²) in [6.07, 6.45) is 3.86. The Morgan fingerprint density at radius 3 is 2.63 bits per heavy atom. The van der Waals surface area contributed by atoms with Crippen LogP contribution in [0.4, 0.5) is 4.39 Å². The van der Waals surface area contributed by atoms with Gasteiger partial charge in [-0.05, 0) is 74.8 Å². The minimum atomic E-state index is -0.225. The van der Waals surface area contributed by atoms with E-state index in [-0.39, 0.29) is 22.8 Å². The molecule has 3 rings (SSSR count). The molecule has 1 aromatic carbocycles. The highest BCUT2D eigenvalue weighted by Gasteiger charge is 2.26. The molecule has 0 N–H and O–H groups in total. The first kappa shape index (κ1) is 19.3. The molecule has 1 aliphatic rings. The van der Waals surface area contributed by atoms with Gasteiger partial charge in [0.2, 0.25) is 0 Å². The van der Waals surface area contributed by atoms with Crippen molar-refractivity contribution in [3.63, 3.8) is 0 Å². The highest BCUT2D eigenvalue weighted by molar-refractivity contribution is 5.94. The van der Waals surface area contributed by atoms with E-state index in [1.165, 1.54) is 12.1 Å². The summed E-state index contributed by atoms with van der Waals surface area (Å²) in [5.41, 5.74) is 2.98. The van der Waals surface area contributed by atoms with E-state index in [9.17, 15) is 14.0 Å². The van der Waals surface area contributed by atoms with Gasteiger partial charge in [-0.1, -0.05) is 12.1 Å². The van der Waals surface area contributed by atoms with Gasteiger partial charge in [0, 0.05) is 25.8 Å². The summed E-state index contributed by atoms with van der Waals surface area (Å²) in [4.78, 5) is 27.3. The monoisotopic (exact) mass is 370 g/mol. The van der Waals surface area contributed by atoms with Crippen molar-refractivity contribution in [3.05, 3.63) is 68.9 Å². The molecule has 0 saturated carbocycles. The SMILES string of the molecule is Cc1cc(C(=O)N2CCC[C@H](CCc3ccc(F)cc3)C2)c(=O)n(C)c1C. The summed E-state index contributed by atoms with van der Waals surface area (Å²) in [5.74, 6) is 0.0245. The summed E-state index contributed by atoms with van der Waals surface area (Å²) in [6, 6.07) is 8.34. The lowest BCUT2D eigenvalue weighted by molar-refractivity contribution is 0.0666. The van der Waals surface area contributed by atoms with E-state index >= 15 is 0 Å².